The quantitative estimate of drug-likeness (QED) is 0.749. The fraction of sp³-hybridized carbons (Fsp3) is 0.455. The van der Waals surface area contributed by atoms with E-state index in [-0.39, 0.29) is 0 Å². The maximum atomic E-state index is 3.28. The molecule has 1 atom stereocenters. The highest BCUT2D eigenvalue weighted by Gasteiger charge is 2.06. The third kappa shape index (κ3) is 6.62. The molecule has 0 aliphatic rings. The number of likely N-dealkylation sites (N-methyl/N-ethyl adjacent to an activating group) is 2. The summed E-state index contributed by atoms with van der Waals surface area (Å²) >= 11 is 0. The van der Waals surface area contributed by atoms with Crippen LogP contribution in [0.15, 0.2) is 48.5 Å². The van der Waals surface area contributed by atoms with Crippen molar-refractivity contribution in [1.82, 2.24) is 15.1 Å². The van der Waals surface area contributed by atoms with Crippen molar-refractivity contribution in [3.63, 3.8) is 0 Å². The van der Waals surface area contributed by atoms with Gasteiger partial charge in [-0.15, -0.1) is 0 Å². The van der Waals surface area contributed by atoms with Crippen LogP contribution >= 0.6 is 0 Å². The first kappa shape index (κ1) is 19.6. The van der Waals surface area contributed by atoms with Crippen LogP contribution in [0.25, 0.3) is 0 Å². The van der Waals surface area contributed by atoms with E-state index in [9.17, 15) is 0 Å². The number of nitrogens with one attached hydrogen (secondary N) is 1. The van der Waals surface area contributed by atoms with Gasteiger partial charge in [-0.2, -0.15) is 0 Å². The number of hydrogen-bond donors (Lipinski definition) is 1. The molecule has 25 heavy (non-hydrogen) atoms. The minimum absolute atomic E-state index is 0.405. The molecule has 0 spiro atoms. The van der Waals surface area contributed by atoms with Gasteiger partial charge in [-0.05, 0) is 51.7 Å². The van der Waals surface area contributed by atoms with E-state index in [1.165, 1.54) is 22.3 Å². The van der Waals surface area contributed by atoms with Crippen LogP contribution in [0.2, 0.25) is 0 Å². The second-order valence-corrected chi connectivity index (χ2v) is 7.22. The molecule has 0 heterocycles. The number of hydrogen-bond acceptors (Lipinski definition) is 3. The summed E-state index contributed by atoms with van der Waals surface area (Å²) in [5, 5.41) is 3.28. The van der Waals surface area contributed by atoms with E-state index < -0.39 is 0 Å². The Morgan fingerprint density at radius 1 is 0.880 bits per heavy atom. The minimum Gasteiger partial charge on any atom is -0.313 e. The first-order chi connectivity index (χ1) is 12.0. The van der Waals surface area contributed by atoms with Gasteiger partial charge in [0.05, 0.1) is 0 Å². The summed E-state index contributed by atoms with van der Waals surface area (Å²) in [4.78, 5) is 4.78. The molecule has 0 radical (unpaired) electrons. The molecule has 0 amide bonds. The van der Waals surface area contributed by atoms with Gasteiger partial charge in [0.1, 0.15) is 0 Å². The SMILES string of the molecule is CNC(C)c1ccc(CN(C)CCN(C)Cc2cccc(C)c2)cc1. The van der Waals surface area contributed by atoms with Gasteiger partial charge in [0.25, 0.3) is 0 Å². The van der Waals surface area contributed by atoms with Gasteiger partial charge in [-0.1, -0.05) is 54.1 Å². The van der Waals surface area contributed by atoms with Crippen LogP contribution in [0.1, 0.15) is 35.2 Å². The molecule has 0 aliphatic carbocycles. The van der Waals surface area contributed by atoms with Crippen LogP contribution in [0, 0.1) is 6.92 Å². The normalized spacial score (nSPS) is 12.8. The molecule has 0 saturated carbocycles. The Bertz CT molecular complexity index is 636. The second kappa shape index (κ2) is 9.71. The minimum atomic E-state index is 0.405. The van der Waals surface area contributed by atoms with Gasteiger partial charge in [0, 0.05) is 32.2 Å². The Morgan fingerprint density at radius 3 is 2.04 bits per heavy atom. The maximum absolute atomic E-state index is 3.28. The van der Waals surface area contributed by atoms with E-state index in [0.717, 1.165) is 26.2 Å². The van der Waals surface area contributed by atoms with E-state index in [2.05, 4.69) is 91.6 Å². The average molecular weight is 340 g/mol. The molecule has 2 aromatic rings. The largest absolute Gasteiger partial charge is 0.313 e. The molecular formula is C22H33N3. The second-order valence-electron chi connectivity index (χ2n) is 7.22. The van der Waals surface area contributed by atoms with Gasteiger partial charge in [0.15, 0.2) is 0 Å². The smallest absolute Gasteiger partial charge is 0.0289 e. The summed E-state index contributed by atoms with van der Waals surface area (Å²) in [6.07, 6.45) is 0. The van der Waals surface area contributed by atoms with Crippen LogP contribution in [0.5, 0.6) is 0 Å². The number of benzene rings is 2. The number of nitrogens with zero attached hydrogens (tertiary/aromatic N) is 2. The van der Waals surface area contributed by atoms with Crippen molar-refractivity contribution < 1.29 is 0 Å². The molecule has 2 rings (SSSR count). The van der Waals surface area contributed by atoms with E-state index in [4.69, 9.17) is 0 Å². The predicted molar refractivity (Wildman–Crippen MR) is 108 cm³/mol. The van der Waals surface area contributed by atoms with E-state index in [1.54, 1.807) is 0 Å². The highest BCUT2D eigenvalue weighted by molar-refractivity contribution is 5.24. The lowest BCUT2D eigenvalue weighted by Gasteiger charge is -2.22. The molecule has 2 aromatic carbocycles. The fourth-order valence-corrected chi connectivity index (χ4v) is 3.01. The standard InChI is InChI=1S/C22H33N3/c1-18-7-6-8-21(15-18)17-25(5)14-13-24(4)16-20-9-11-22(12-10-20)19(2)23-3/h6-12,15,19,23H,13-14,16-17H2,1-5H3. The summed E-state index contributed by atoms with van der Waals surface area (Å²) in [5.41, 5.74) is 5.43. The maximum Gasteiger partial charge on any atom is 0.0289 e. The lowest BCUT2D eigenvalue weighted by atomic mass is 10.1. The molecule has 1 N–H and O–H groups in total. The first-order valence-electron chi connectivity index (χ1n) is 9.16. The fourth-order valence-electron chi connectivity index (χ4n) is 3.01. The highest BCUT2D eigenvalue weighted by Crippen LogP contribution is 2.13. The summed E-state index contributed by atoms with van der Waals surface area (Å²) < 4.78 is 0. The molecular weight excluding hydrogens is 306 g/mol. The van der Waals surface area contributed by atoms with Crippen LogP contribution in [-0.4, -0.2) is 44.0 Å². The molecule has 0 bridgehead atoms. The van der Waals surface area contributed by atoms with Gasteiger partial charge >= 0.3 is 0 Å². The molecule has 3 nitrogen and oxygen atoms in total. The zero-order valence-electron chi connectivity index (χ0n) is 16.4. The zero-order chi connectivity index (χ0) is 18.2. The van der Waals surface area contributed by atoms with Crippen molar-refractivity contribution in [3.05, 3.63) is 70.8 Å². The first-order valence-corrected chi connectivity index (χ1v) is 9.16. The molecule has 136 valence electrons. The number of aryl methyl sites for hydroxylation is 1. The van der Waals surface area contributed by atoms with Crippen molar-refractivity contribution >= 4 is 0 Å². The Morgan fingerprint density at radius 2 is 1.48 bits per heavy atom. The van der Waals surface area contributed by atoms with Crippen molar-refractivity contribution in [3.8, 4) is 0 Å². The van der Waals surface area contributed by atoms with Crippen molar-refractivity contribution in [2.45, 2.75) is 33.0 Å². The summed E-state index contributed by atoms with van der Waals surface area (Å²) in [5.74, 6) is 0. The number of rotatable bonds is 9. The molecule has 0 aliphatic heterocycles. The topological polar surface area (TPSA) is 18.5 Å². The monoisotopic (exact) mass is 339 g/mol. The van der Waals surface area contributed by atoms with Crippen LogP contribution in [0.4, 0.5) is 0 Å². The van der Waals surface area contributed by atoms with Crippen LogP contribution < -0.4 is 5.32 Å². The lowest BCUT2D eigenvalue weighted by molar-refractivity contribution is 0.247. The highest BCUT2D eigenvalue weighted by atomic mass is 15.2. The van der Waals surface area contributed by atoms with E-state index in [1.807, 2.05) is 7.05 Å². The van der Waals surface area contributed by atoms with Crippen molar-refractivity contribution in [1.29, 1.82) is 0 Å². The third-order valence-electron chi connectivity index (χ3n) is 4.76. The molecule has 0 fully saturated rings. The van der Waals surface area contributed by atoms with E-state index in [0.29, 0.717) is 6.04 Å². The Kier molecular flexibility index (Phi) is 7.63. The van der Waals surface area contributed by atoms with Gasteiger partial charge < -0.3 is 15.1 Å². The Hall–Kier alpha value is -1.68. The van der Waals surface area contributed by atoms with Crippen molar-refractivity contribution in [2.24, 2.45) is 0 Å². The third-order valence-corrected chi connectivity index (χ3v) is 4.76. The predicted octanol–water partition coefficient (Wildman–Crippen LogP) is 3.84. The van der Waals surface area contributed by atoms with Crippen molar-refractivity contribution in [2.75, 3.05) is 34.2 Å². The van der Waals surface area contributed by atoms with E-state index >= 15 is 0 Å². The van der Waals surface area contributed by atoms with Gasteiger partial charge in [0.2, 0.25) is 0 Å². The Balaban J connectivity index is 1.77. The summed E-state index contributed by atoms with van der Waals surface area (Å²) in [7, 11) is 6.40. The molecule has 0 saturated heterocycles. The van der Waals surface area contributed by atoms with Gasteiger partial charge in [-0.25, -0.2) is 0 Å². The molecule has 3 heteroatoms. The summed E-state index contributed by atoms with van der Waals surface area (Å²) in [6, 6.07) is 18.1. The average Bonchev–Trinajstić information content (AvgIpc) is 2.60. The lowest BCUT2D eigenvalue weighted by Crippen LogP contribution is -2.30. The molecule has 1 unspecified atom stereocenters. The van der Waals surface area contributed by atoms with Gasteiger partial charge in [-0.3, -0.25) is 0 Å². The summed E-state index contributed by atoms with van der Waals surface area (Å²) in [6.45, 7) is 8.47. The zero-order valence-corrected chi connectivity index (χ0v) is 16.4. The molecule has 0 aromatic heterocycles. The Labute approximate surface area is 153 Å². The van der Waals surface area contributed by atoms with Crippen LogP contribution in [0.3, 0.4) is 0 Å². The van der Waals surface area contributed by atoms with Crippen LogP contribution in [-0.2, 0) is 13.1 Å².